The predicted octanol–water partition coefficient (Wildman–Crippen LogP) is 4.37. The summed E-state index contributed by atoms with van der Waals surface area (Å²) in [7, 11) is 3.31. The van der Waals surface area contributed by atoms with Gasteiger partial charge >= 0.3 is 0 Å². The summed E-state index contributed by atoms with van der Waals surface area (Å²) >= 11 is 0. The largest absolute Gasteiger partial charge is 0.497 e. The lowest BCUT2D eigenvalue weighted by molar-refractivity contribution is -0.120. The van der Waals surface area contributed by atoms with E-state index in [1.165, 1.54) is 0 Å². The SMILES string of the molecule is COc1cccc(C2Oc3cccc(OC)c3-c3ccc(C4(C(N)=O)CC4)cc32)c1. The van der Waals surface area contributed by atoms with Crippen molar-refractivity contribution in [2.75, 3.05) is 14.2 Å². The van der Waals surface area contributed by atoms with Gasteiger partial charge in [0.1, 0.15) is 23.4 Å². The summed E-state index contributed by atoms with van der Waals surface area (Å²) in [6.07, 6.45) is 1.23. The lowest BCUT2D eigenvalue weighted by atomic mass is 9.84. The van der Waals surface area contributed by atoms with E-state index in [0.717, 1.165) is 57.9 Å². The third-order valence-corrected chi connectivity index (χ3v) is 6.23. The number of carbonyl (C=O) groups is 1. The number of methoxy groups -OCH3 is 2. The maximum Gasteiger partial charge on any atom is 0.228 e. The molecule has 1 saturated carbocycles. The molecule has 3 aromatic carbocycles. The van der Waals surface area contributed by atoms with Gasteiger partial charge in [-0.25, -0.2) is 0 Å². The number of fused-ring (bicyclic) bond motifs is 3. The van der Waals surface area contributed by atoms with Crippen molar-refractivity contribution in [2.24, 2.45) is 5.73 Å². The number of primary amides is 1. The fourth-order valence-corrected chi connectivity index (χ4v) is 4.39. The van der Waals surface area contributed by atoms with Gasteiger partial charge in [-0.3, -0.25) is 4.79 Å². The van der Waals surface area contributed by atoms with Crippen LogP contribution in [0.3, 0.4) is 0 Å². The Balaban J connectivity index is 1.72. The molecule has 2 aliphatic rings. The molecular formula is C25H23NO4. The molecule has 0 spiro atoms. The van der Waals surface area contributed by atoms with E-state index in [1.807, 2.05) is 48.5 Å². The topological polar surface area (TPSA) is 70.8 Å². The summed E-state index contributed by atoms with van der Waals surface area (Å²) in [4.78, 5) is 12.1. The van der Waals surface area contributed by atoms with Crippen molar-refractivity contribution in [3.8, 4) is 28.4 Å². The highest BCUT2D eigenvalue weighted by Gasteiger charge is 2.50. The summed E-state index contributed by atoms with van der Waals surface area (Å²) in [5, 5.41) is 0. The van der Waals surface area contributed by atoms with E-state index in [-0.39, 0.29) is 12.0 Å². The second-order valence-corrected chi connectivity index (χ2v) is 7.86. The lowest BCUT2D eigenvalue weighted by Gasteiger charge is -2.31. The molecule has 1 unspecified atom stereocenters. The highest BCUT2D eigenvalue weighted by Crippen LogP contribution is 2.53. The molecule has 1 fully saturated rings. The predicted molar refractivity (Wildman–Crippen MR) is 114 cm³/mol. The summed E-state index contributed by atoms with van der Waals surface area (Å²) in [5.74, 6) is 2.01. The Kier molecular flexibility index (Phi) is 4.21. The molecule has 5 rings (SSSR count). The van der Waals surface area contributed by atoms with Crippen molar-refractivity contribution in [1.82, 2.24) is 0 Å². The minimum Gasteiger partial charge on any atom is -0.497 e. The number of hydrogen-bond donors (Lipinski definition) is 1. The van der Waals surface area contributed by atoms with Gasteiger partial charge < -0.3 is 19.9 Å². The van der Waals surface area contributed by atoms with Crippen LogP contribution in [0.25, 0.3) is 11.1 Å². The molecule has 1 aliphatic heterocycles. The third-order valence-electron chi connectivity index (χ3n) is 6.23. The summed E-state index contributed by atoms with van der Waals surface area (Å²) in [6.45, 7) is 0. The van der Waals surface area contributed by atoms with Gasteiger partial charge in [-0.1, -0.05) is 36.4 Å². The molecule has 1 aliphatic carbocycles. The molecule has 0 saturated heterocycles. The molecule has 2 N–H and O–H groups in total. The molecule has 0 bridgehead atoms. The van der Waals surface area contributed by atoms with Crippen LogP contribution < -0.4 is 19.9 Å². The fourth-order valence-electron chi connectivity index (χ4n) is 4.39. The van der Waals surface area contributed by atoms with Gasteiger partial charge in [0.05, 0.1) is 25.2 Å². The quantitative estimate of drug-likeness (QED) is 0.689. The van der Waals surface area contributed by atoms with Crippen LogP contribution in [-0.2, 0) is 10.2 Å². The van der Waals surface area contributed by atoms with Crippen LogP contribution in [0.2, 0.25) is 0 Å². The Morgan fingerprint density at radius 3 is 2.53 bits per heavy atom. The molecule has 1 heterocycles. The first-order valence-electron chi connectivity index (χ1n) is 10.00. The Labute approximate surface area is 175 Å². The van der Waals surface area contributed by atoms with Crippen LogP contribution in [0.1, 0.15) is 35.6 Å². The average Bonchev–Trinajstić information content (AvgIpc) is 3.60. The van der Waals surface area contributed by atoms with Crippen molar-refractivity contribution < 1.29 is 19.0 Å². The van der Waals surface area contributed by atoms with Gasteiger partial charge in [-0.15, -0.1) is 0 Å². The zero-order valence-corrected chi connectivity index (χ0v) is 17.0. The van der Waals surface area contributed by atoms with Crippen LogP contribution in [0, 0.1) is 0 Å². The molecule has 1 atom stereocenters. The first-order chi connectivity index (χ1) is 14.6. The van der Waals surface area contributed by atoms with E-state index in [0.29, 0.717) is 0 Å². The van der Waals surface area contributed by atoms with Gasteiger partial charge in [-0.2, -0.15) is 0 Å². The maximum atomic E-state index is 12.1. The summed E-state index contributed by atoms with van der Waals surface area (Å²) < 4.78 is 17.5. The molecule has 5 heteroatoms. The number of nitrogens with two attached hydrogens (primary N) is 1. The van der Waals surface area contributed by atoms with Crippen LogP contribution >= 0.6 is 0 Å². The molecule has 0 aromatic heterocycles. The monoisotopic (exact) mass is 401 g/mol. The summed E-state index contributed by atoms with van der Waals surface area (Å²) in [6, 6.07) is 19.8. The molecular weight excluding hydrogens is 378 g/mol. The number of ether oxygens (including phenoxy) is 3. The zero-order valence-electron chi connectivity index (χ0n) is 17.0. The van der Waals surface area contributed by atoms with Crippen LogP contribution in [0.5, 0.6) is 17.2 Å². The van der Waals surface area contributed by atoms with Crippen molar-refractivity contribution in [3.05, 3.63) is 77.4 Å². The molecule has 0 radical (unpaired) electrons. The van der Waals surface area contributed by atoms with Crippen LogP contribution in [0.4, 0.5) is 0 Å². The molecule has 5 nitrogen and oxygen atoms in total. The second-order valence-electron chi connectivity index (χ2n) is 7.86. The zero-order chi connectivity index (χ0) is 20.9. The molecule has 152 valence electrons. The van der Waals surface area contributed by atoms with Crippen LogP contribution in [0.15, 0.2) is 60.7 Å². The minimum atomic E-state index is -0.561. The Morgan fingerprint density at radius 1 is 1.03 bits per heavy atom. The van der Waals surface area contributed by atoms with Gasteiger partial charge in [0, 0.05) is 11.1 Å². The van der Waals surface area contributed by atoms with Gasteiger partial charge in [0.25, 0.3) is 0 Å². The van der Waals surface area contributed by atoms with Crippen molar-refractivity contribution >= 4 is 5.91 Å². The lowest BCUT2D eigenvalue weighted by Crippen LogP contribution is -2.28. The van der Waals surface area contributed by atoms with Gasteiger partial charge in [-0.05, 0) is 48.2 Å². The standard InChI is InChI=1S/C25H23NO4/c1-28-17-6-3-5-15(13-17)23-19-14-16(25(11-12-25)24(26)27)9-10-18(19)22-20(29-2)7-4-8-21(22)30-23/h3-10,13-14,23H,11-12H2,1-2H3,(H2,26,27). The fraction of sp³-hybridized carbons (Fsp3) is 0.240. The highest BCUT2D eigenvalue weighted by atomic mass is 16.5. The van der Waals surface area contributed by atoms with Crippen molar-refractivity contribution in [2.45, 2.75) is 24.4 Å². The minimum absolute atomic E-state index is 0.268. The van der Waals surface area contributed by atoms with E-state index < -0.39 is 5.41 Å². The van der Waals surface area contributed by atoms with E-state index in [4.69, 9.17) is 19.9 Å². The van der Waals surface area contributed by atoms with E-state index in [2.05, 4.69) is 12.1 Å². The van der Waals surface area contributed by atoms with E-state index >= 15 is 0 Å². The first kappa shape index (κ1) is 18.6. The van der Waals surface area contributed by atoms with E-state index in [1.54, 1.807) is 14.2 Å². The highest BCUT2D eigenvalue weighted by molar-refractivity contribution is 5.91. The second kappa shape index (κ2) is 6.80. The normalized spacial score (nSPS) is 17.9. The van der Waals surface area contributed by atoms with Crippen LogP contribution in [-0.4, -0.2) is 20.1 Å². The first-order valence-corrected chi connectivity index (χ1v) is 10.00. The van der Waals surface area contributed by atoms with Gasteiger partial charge in [0.2, 0.25) is 5.91 Å². The van der Waals surface area contributed by atoms with E-state index in [9.17, 15) is 4.79 Å². The number of hydrogen-bond acceptors (Lipinski definition) is 4. The maximum absolute atomic E-state index is 12.1. The number of carbonyl (C=O) groups excluding carboxylic acids is 1. The summed E-state index contributed by atoms with van der Waals surface area (Å²) in [5.41, 5.74) is 10.0. The third kappa shape index (κ3) is 2.73. The van der Waals surface area contributed by atoms with Crippen molar-refractivity contribution in [1.29, 1.82) is 0 Å². The molecule has 1 amide bonds. The number of amides is 1. The number of benzene rings is 3. The number of rotatable bonds is 5. The van der Waals surface area contributed by atoms with Gasteiger partial charge in [0.15, 0.2) is 0 Å². The average molecular weight is 401 g/mol. The molecule has 30 heavy (non-hydrogen) atoms. The Bertz CT molecular complexity index is 1150. The Hall–Kier alpha value is -3.47. The molecule has 3 aromatic rings. The smallest absolute Gasteiger partial charge is 0.228 e. The Morgan fingerprint density at radius 2 is 1.83 bits per heavy atom. The van der Waals surface area contributed by atoms with Crippen molar-refractivity contribution in [3.63, 3.8) is 0 Å².